The van der Waals surface area contributed by atoms with E-state index in [0.29, 0.717) is 0 Å². The number of hydrazone groups is 1. The topological polar surface area (TPSA) is 114 Å². The maximum atomic E-state index is 13.0. The average Bonchev–Trinajstić information content (AvgIpc) is 2.75. The number of anilines is 2. The van der Waals surface area contributed by atoms with Crippen molar-refractivity contribution in [2.24, 2.45) is 5.10 Å². The number of hydrogen-bond donors (Lipinski definition) is 2. The van der Waals surface area contributed by atoms with E-state index in [1.165, 1.54) is 30.5 Å². The molecule has 0 bridgehead atoms. The molecule has 0 aromatic heterocycles. The number of benzene rings is 3. The Labute approximate surface area is 188 Å². The number of halogens is 1. The normalized spacial score (nSPS) is 11.4. The van der Waals surface area contributed by atoms with Crippen molar-refractivity contribution in [2.45, 2.75) is 9.79 Å². The molecule has 0 radical (unpaired) electrons. The molecule has 3 aromatic carbocycles. The molecule has 2 N–H and O–H groups in total. The minimum atomic E-state index is -4.20. The van der Waals surface area contributed by atoms with Crippen LogP contribution in [0, 0.1) is 10.1 Å². The SMILES string of the molecule is CSc1ccc(/C=N/Nc2ccc([N+](=O)[O-])cc2S(=O)(=O)Nc2ccccc2Cl)cc1. The smallest absolute Gasteiger partial charge is 0.270 e. The molecule has 0 atom stereocenters. The zero-order valence-electron chi connectivity index (χ0n) is 16.2. The summed E-state index contributed by atoms with van der Waals surface area (Å²) in [6.07, 6.45) is 3.49. The Morgan fingerprint density at radius 2 is 1.77 bits per heavy atom. The highest BCUT2D eigenvalue weighted by atomic mass is 35.5. The Balaban J connectivity index is 1.92. The van der Waals surface area contributed by atoms with E-state index in [1.807, 2.05) is 30.5 Å². The first-order chi connectivity index (χ1) is 14.8. The maximum Gasteiger partial charge on any atom is 0.270 e. The summed E-state index contributed by atoms with van der Waals surface area (Å²) in [6.45, 7) is 0. The zero-order valence-corrected chi connectivity index (χ0v) is 18.5. The predicted molar refractivity (Wildman–Crippen MR) is 125 cm³/mol. The average molecular weight is 477 g/mol. The van der Waals surface area contributed by atoms with Crippen molar-refractivity contribution in [3.8, 4) is 0 Å². The molecule has 0 spiro atoms. The summed E-state index contributed by atoms with van der Waals surface area (Å²) in [4.78, 5) is 11.3. The van der Waals surface area contributed by atoms with Crippen LogP contribution in [0.25, 0.3) is 0 Å². The summed E-state index contributed by atoms with van der Waals surface area (Å²) in [5.74, 6) is 0. The van der Waals surface area contributed by atoms with E-state index in [0.717, 1.165) is 16.5 Å². The maximum absolute atomic E-state index is 13.0. The minimum Gasteiger partial charge on any atom is -0.278 e. The minimum absolute atomic E-state index is 0.0714. The van der Waals surface area contributed by atoms with Crippen LogP contribution in [0.15, 0.2) is 81.6 Å². The van der Waals surface area contributed by atoms with Crippen LogP contribution in [0.4, 0.5) is 17.1 Å². The van der Waals surface area contributed by atoms with E-state index < -0.39 is 14.9 Å². The lowest BCUT2D eigenvalue weighted by atomic mass is 10.2. The standard InChI is InChI=1S/C20H17ClN4O4S2/c1-30-16-9-6-14(7-10-16)13-22-23-19-11-8-15(25(26)27)12-20(19)31(28,29)24-18-5-3-2-4-17(18)21/h2-13,23-24H,1H3/b22-13+. The molecule has 0 unspecified atom stereocenters. The van der Waals surface area contributed by atoms with Crippen molar-refractivity contribution in [1.29, 1.82) is 0 Å². The lowest BCUT2D eigenvalue weighted by Gasteiger charge is -2.12. The third-order valence-electron chi connectivity index (χ3n) is 4.10. The molecule has 31 heavy (non-hydrogen) atoms. The van der Waals surface area contributed by atoms with Gasteiger partial charge in [-0.15, -0.1) is 11.8 Å². The predicted octanol–water partition coefficient (Wildman–Crippen LogP) is 5.22. The summed E-state index contributed by atoms with van der Waals surface area (Å²) in [5.41, 5.74) is 3.30. The van der Waals surface area contributed by atoms with Crippen LogP contribution in [0.2, 0.25) is 5.02 Å². The Hall–Kier alpha value is -3.08. The number of nitrogens with zero attached hydrogens (tertiary/aromatic N) is 2. The third kappa shape index (κ3) is 5.75. The van der Waals surface area contributed by atoms with Crippen LogP contribution < -0.4 is 10.1 Å². The van der Waals surface area contributed by atoms with Gasteiger partial charge in [0, 0.05) is 17.0 Å². The van der Waals surface area contributed by atoms with E-state index in [2.05, 4.69) is 15.2 Å². The number of nitrogens with one attached hydrogen (secondary N) is 2. The van der Waals surface area contributed by atoms with Gasteiger partial charge in [0.1, 0.15) is 4.90 Å². The summed E-state index contributed by atoms with van der Waals surface area (Å²) >= 11 is 7.65. The lowest BCUT2D eigenvalue weighted by molar-refractivity contribution is -0.385. The first-order valence-electron chi connectivity index (χ1n) is 8.79. The molecule has 0 saturated carbocycles. The fourth-order valence-electron chi connectivity index (χ4n) is 2.55. The molecule has 0 aliphatic rings. The van der Waals surface area contributed by atoms with Crippen LogP contribution in [0.5, 0.6) is 0 Å². The second kappa shape index (κ2) is 9.82. The van der Waals surface area contributed by atoms with Gasteiger partial charge in [0.05, 0.1) is 27.5 Å². The molecule has 0 aliphatic heterocycles. The Morgan fingerprint density at radius 3 is 2.42 bits per heavy atom. The van der Waals surface area contributed by atoms with Crippen molar-refractivity contribution < 1.29 is 13.3 Å². The number of non-ortho nitro benzene ring substituents is 1. The third-order valence-corrected chi connectivity index (χ3v) is 6.58. The largest absolute Gasteiger partial charge is 0.278 e. The first kappa shape index (κ1) is 22.6. The van der Waals surface area contributed by atoms with Gasteiger partial charge in [0.2, 0.25) is 0 Å². The van der Waals surface area contributed by atoms with Crippen molar-refractivity contribution in [3.63, 3.8) is 0 Å². The van der Waals surface area contributed by atoms with Crippen LogP contribution in [0.1, 0.15) is 5.56 Å². The number of rotatable bonds is 8. The van der Waals surface area contributed by atoms with Gasteiger partial charge in [-0.1, -0.05) is 35.9 Å². The summed E-state index contributed by atoms with van der Waals surface area (Å²) in [5, 5.41) is 15.4. The molecule has 0 aliphatic carbocycles. The molecule has 0 amide bonds. The molecule has 0 fully saturated rings. The summed E-state index contributed by atoms with van der Waals surface area (Å²) < 4.78 is 28.3. The van der Waals surface area contributed by atoms with E-state index in [1.54, 1.807) is 23.9 Å². The summed E-state index contributed by atoms with van der Waals surface area (Å²) in [7, 11) is -4.20. The highest BCUT2D eigenvalue weighted by Gasteiger charge is 2.23. The molecule has 3 aromatic rings. The summed E-state index contributed by atoms with van der Waals surface area (Å²) in [6, 6.07) is 17.3. The van der Waals surface area contributed by atoms with Crippen LogP contribution >= 0.6 is 23.4 Å². The first-order valence-corrected chi connectivity index (χ1v) is 11.9. The van der Waals surface area contributed by atoms with Gasteiger partial charge >= 0.3 is 0 Å². The number of hydrogen-bond acceptors (Lipinski definition) is 7. The molecular formula is C20H17ClN4O4S2. The lowest BCUT2D eigenvalue weighted by Crippen LogP contribution is -2.15. The van der Waals surface area contributed by atoms with Gasteiger partial charge in [-0.05, 0) is 42.2 Å². The van der Waals surface area contributed by atoms with Gasteiger partial charge < -0.3 is 0 Å². The van der Waals surface area contributed by atoms with Gasteiger partial charge in [-0.3, -0.25) is 20.3 Å². The zero-order chi connectivity index (χ0) is 22.4. The van der Waals surface area contributed by atoms with E-state index in [-0.39, 0.29) is 27.0 Å². The van der Waals surface area contributed by atoms with E-state index in [4.69, 9.17) is 11.6 Å². The van der Waals surface area contributed by atoms with Crippen molar-refractivity contribution >= 4 is 56.7 Å². The van der Waals surface area contributed by atoms with Crippen molar-refractivity contribution in [3.05, 3.63) is 87.4 Å². The van der Waals surface area contributed by atoms with Gasteiger partial charge in [0.25, 0.3) is 15.7 Å². The fraction of sp³-hybridized carbons (Fsp3) is 0.0500. The highest BCUT2D eigenvalue weighted by Crippen LogP contribution is 2.30. The van der Waals surface area contributed by atoms with Crippen molar-refractivity contribution in [2.75, 3.05) is 16.4 Å². The van der Waals surface area contributed by atoms with Gasteiger partial charge in [-0.2, -0.15) is 5.10 Å². The number of sulfonamides is 1. The van der Waals surface area contributed by atoms with Crippen LogP contribution in [-0.4, -0.2) is 25.8 Å². The number of nitro benzene ring substituents is 1. The Morgan fingerprint density at radius 1 is 1.06 bits per heavy atom. The molecule has 11 heteroatoms. The second-order valence-electron chi connectivity index (χ2n) is 6.17. The molecule has 3 rings (SSSR count). The number of para-hydroxylation sites is 1. The van der Waals surface area contributed by atoms with Gasteiger partial charge in [0.15, 0.2) is 0 Å². The fourth-order valence-corrected chi connectivity index (χ4v) is 4.45. The molecule has 8 nitrogen and oxygen atoms in total. The van der Waals surface area contributed by atoms with Gasteiger partial charge in [-0.25, -0.2) is 8.42 Å². The van der Waals surface area contributed by atoms with E-state index >= 15 is 0 Å². The molecule has 0 heterocycles. The number of nitro groups is 1. The highest BCUT2D eigenvalue weighted by molar-refractivity contribution is 7.98. The Bertz CT molecular complexity index is 1230. The van der Waals surface area contributed by atoms with Crippen molar-refractivity contribution in [1.82, 2.24) is 0 Å². The van der Waals surface area contributed by atoms with Crippen LogP contribution in [-0.2, 0) is 10.0 Å². The van der Waals surface area contributed by atoms with Crippen LogP contribution in [0.3, 0.4) is 0 Å². The number of thioether (sulfide) groups is 1. The second-order valence-corrected chi connectivity index (χ2v) is 9.10. The molecule has 160 valence electrons. The molecule has 0 saturated heterocycles. The Kier molecular flexibility index (Phi) is 7.16. The molecular weight excluding hydrogens is 460 g/mol. The quantitative estimate of drug-likeness (QED) is 0.199. The monoisotopic (exact) mass is 476 g/mol. The van der Waals surface area contributed by atoms with E-state index in [9.17, 15) is 18.5 Å².